The maximum atomic E-state index is 12.8. The van der Waals surface area contributed by atoms with Crippen molar-refractivity contribution in [3.05, 3.63) is 64.8 Å². The lowest BCUT2D eigenvalue weighted by Gasteiger charge is -2.06. The number of benzene rings is 3. The fourth-order valence-corrected chi connectivity index (χ4v) is 2.72. The highest BCUT2D eigenvalue weighted by atomic mass is 16.5. The van der Waals surface area contributed by atoms with Crippen molar-refractivity contribution in [1.82, 2.24) is 0 Å². The number of ether oxygens (including phenoxy) is 1. The van der Waals surface area contributed by atoms with Crippen molar-refractivity contribution in [1.29, 1.82) is 0 Å². The first kappa shape index (κ1) is 12.0. The third-order valence-corrected chi connectivity index (χ3v) is 3.77. The van der Waals surface area contributed by atoms with Crippen molar-refractivity contribution < 1.29 is 9.15 Å². The van der Waals surface area contributed by atoms with E-state index in [1.165, 1.54) is 0 Å². The third-order valence-electron chi connectivity index (χ3n) is 3.77. The minimum Gasteiger partial charge on any atom is -0.497 e. The Hall–Kier alpha value is -2.81. The van der Waals surface area contributed by atoms with Crippen LogP contribution in [0.2, 0.25) is 0 Å². The van der Waals surface area contributed by atoms with Crippen LogP contribution in [0.5, 0.6) is 5.75 Å². The molecule has 0 unspecified atom stereocenters. The molecule has 0 aliphatic carbocycles. The van der Waals surface area contributed by atoms with Gasteiger partial charge in [0.2, 0.25) is 5.43 Å². The van der Waals surface area contributed by atoms with E-state index in [9.17, 15) is 4.79 Å². The van der Waals surface area contributed by atoms with E-state index in [1.54, 1.807) is 13.2 Å². The summed E-state index contributed by atoms with van der Waals surface area (Å²) in [4.78, 5) is 12.8. The van der Waals surface area contributed by atoms with Crippen LogP contribution in [0.1, 0.15) is 0 Å². The fraction of sp³-hybridized carbons (Fsp3) is 0.0556. The molecule has 0 atom stereocenters. The highest BCUT2D eigenvalue weighted by molar-refractivity contribution is 6.08. The predicted octanol–water partition coefficient (Wildman–Crippen LogP) is 4.11. The van der Waals surface area contributed by atoms with Crippen LogP contribution in [0.25, 0.3) is 32.7 Å². The Morgan fingerprint density at radius 2 is 1.71 bits per heavy atom. The van der Waals surface area contributed by atoms with Crippen LogP contribution < -0.4 is 10.2 Å². The molecule has 4 rings (SSSR count). The van der Waals surface area contributed by atoms with Crippen LogP contribution in [0.4, 0.5) is 0 Å². The van der Waals surface area contributed by atoms with Gasteiger partial charge in [-0.3, -0.25) is 4.79 Å². The second-order valence-corrected chi connectivity index (χ2v) is 4.95. The van der Waals surface area contributed by atoms with Crippen molar-refractivity contribution in [2.75, 3.05) is 7.11 Å². The summed E-state index contributed by atoms with van der Waals surface area (Å²) < 4.78 is 11.1. The molecule has 0 fully saturated rings. The molecule has 4 aromatic rings. The summed E-state index contributed by atoms with van der Waals surface area (Å²) in [5.41, 5.74) is 1.20. The summed E-state index contributed by atoms with van der Waals surface area (Å²) >= 11 is 0. The average molecular weight is 276 g/mol. The van der Waals surface area contributed by atoms with Gasteiger partial charge in [-0.15, -0.1) is 0 Å². The molecule has 0 saturated heterocycles. The van der Waals surface area contributed by atoms with Gasteiger partial charge in [0.15, 0.2) is 0 Å². The van der Waals surface area contributed by atoms with Gasteiger partial charge in [-0.25, -0.2) is 0 Å². The topological polar surface area (TPSA) is 39.4 Å². The van der Waals surface area contributed by atoms with Gasteiger partial charge in [0.05, 0.1) is 17.9 Å². The summed E-state index contributed by atoms with van der Waals surface area (Å²) in [6.45, 7) is 0. The van der Waals surface area contributed by atoms with E-state index in [0.29, 0.717) is 21.9 Å². The van der Waals surface area contributed by atoms with Crippen LogP contribution in [0, 0.1) is 0 Å². The van der Waals surface area contributed by atoms with E-state index in [4.69, 9.17) is 9.15 Å². The lowest BCUT2D eigenvalue weighted by atomic mass is 10.0. The molecule has 0 aliphatic heterocycles. The number of hydrogen-bond acceptors (Lipinski definition) is 3. The summed E-state index contributed by atoms with van der Waals surface area (Å²) in [5, 5.41) is 3.04. The van der Waals surface area contributed by atoms with E-state index >= 15 is 0 Å². The van der Waals surface area contributed by atoms with Crippen molar-refractivity contribution >= 4 is 32.7 Å². The van der Waals surface area contributed by atoms with E-state index in [2.05, 4.69) is 0 Å². The van der Waals surface area contributed by atoms with Gasteiger partial charge in [-0.05, 0) is 35.7 Å². The van der Waals surface area contributed by atoms with Gasteiger partial charge >= 0.3 is 0 Å². The summed E-state index contributed by atoms with van der Waals surface area (Å²) in [6, 6.07) is 16.8. The van der Waals surface area contributed by atoms with Crippen LogP contribution in [-0.4, -0.2) is 7.11 Å². The average Bonchev–Trinajstić information content (AvgIpc) is 2.54. The Labute approximate surface area is 120 Å². The Balaban J connectivity index is 2.28. The van der Waals surface area contributed by atoms with Crippen LogP contribution in [0.3, 0.4) is 0 Å². The highest BCUT2D eigenvalue weighted by Gasteiger charge is 2.11. The quantitative estimate of drug-likeness (QED) is 0.388. The molecule has 102 valence electrons. The fourth-order valence-electron chi connectivity index (χ4n) is 2.72. The molecule has 0 N–H and O–H groups in total. The van der Waals surface area contributed by atoms with Crippen LogP contribution in [-0.2, 0) is 0 Å². The Morgan fingerprint density at radius 1 is 0.905 bits per heavy atom. The Bertz CT molecular complexity index is 1040. The van der Waals surface area contributed by atoms with E-state index < -0.39 is 0 Å². The van der Waals surface area contributed by atoms with Crippen LogP contribution >= 0.6 is 0 Å². The van der Waals surface area contributed by atoms with Crippen molar-refractivity contribution in [3.63, 3.8) is 0 Å². The van der Waals surface area contributed by atoms with Gasteiger partial charge in [0, 0.05) is 5.39 Å². The zero-order chi connectivity index (χ0) is 14.4. The smallest absolute Gasteiger partial charge is 0.201 e. The zero-order valence-electron chi connectivity index (χ0n) is 11.4. The molecule has 0 radical (unpaired) electrons. The second-order valence-electron chi connectivity index (χ2n) is 4.95. The van der Waals surface area contributed by atoms with Gasteiger partial charge in [0.25, 0.3) is 0 Å². The largest absolute Gasteiger partial charge is 0.497 e. The standard InChI is InChI=1S/C18H12O3/c1-20-12-8-6-11-7-9-16-17(14(11)10-12)18(19)13-4-2-3-5-15(13)21-16/h2-10H,1H3. The molecule has 0 amide bonds. The predicted molar refractivity (Wildman–Crippen MR) is 84.0 cm³/mol. The number of methoxy groups -OCH3 is 1. The number of para-hydroxylation sites is 1. The third kappa shape index (κ3) is 1.71. The first-order valence-electron chi connectivity index (χ1n) is 6.70. The van der Waals surface area contributed by atoms with E-state index in [0.717, 1.165) is 16.5 Å². The highest BCUT2D eigenvalue weighted by Crippen LogP contribution is 2.28. The minimum atomic E-state index is -0.00861. The normalized spacial score (nSPS) is 11.3. The molecule has 0 bridgehead atoms. The summed E-state index contributed by atoms with van der Waals surface area (Å²) in [7, 11) is 1.62. The number of rotatable bonds is 1. The zero-order valence-corrected chi connectivity index (χ0v) is 11.4. The summed E-state index contributed by atoms with van der Waals surface area (Å²) in [6.07, 6.45) is 0. The SMILES string of the molecule is COc1ccc2ccc3oc4ccccc4c(=O)c3c2c1. The molecule has 3 heteroatoms. The molecule has 0 saturated carbocycles. The van der Waals surface area contributed by atoms with Gasteiger partial charge < -0.3 is 9.15 Å². The first-order chi connectivity index (χ1) is 10.3. The molecule has 21 heavy (non-hydrogen) atoms. The van der Waals surface area contributed by atoms with Crippen molar-refractivity contribution in [2.24, 2.45) is 0 Å². The molecule has 0 aliphatic rings. The van der Waals surface area contributed by atoms with Crippen molar-refractivity contribution in [2.45, 2.75) is 0 Å². The van der Waals surface area contributed by atoms with Gasteiger partial charge in [-0.2, -0.15) is 0 Å². The number of hydrogen-bond donors (Lipinski definition) is 0. The van der Waals surface area contributed by atoms with Crippen molar-refractivity contribution in [3.8, 4) is 5.75 Å². The minimum absolute atomic E-state index is 0.00861. The second kappa shape index (κ2) is 4.35. The van der Waals surface area contributed by atoms with Crippen LogP contribution in [0.15, 0.2) is 63.8 Å². The summed E-state index contributed by atoms with van der Waals surface area (Å²) in [5.74, 6) is 0.725. The molecule has 1 aromatic heterocycles. The first-order valence-corrected chi connectivity index (χ1v) is 6.70. The Morgan fingerprint density at radius 3 is 2.57 bits per heavy atom. The van der Waals surface area contributed by atoms with Gasteiger partial charge in [0.1, 0.15) is 16.9 Å². The monoisotopic (exact) mass is 276 g/mol. The van der Waals surface area contributed by atoms with E-state index in [-0.39, 0.29) is 5.43 Å². The lowest BCUT2D eigenvalue weighted by molar-refractivity contribution is 0.415. The molecule has 1 heterocycles. The molecule has 3 aromatic carbocycles. The Kier molecular flexibility index (Phi) is 2.48. The molecular weight excluding hydrogens is 264 g/mol. The lowest BCUT2D eigenvalue weighted by Crippen LogP contribution is -2.02. The molecular formula is C18H12O3. The maximum absolute atomic E-state index is 12.8. The molecule has 0 spiro atoms. The maximum Gasteiger partial charge on any atom is 0.201 e. The van der Waals surface area contributed by atoms with Gasteiger partial charge in [-0.1, -0.05) is 24.3 Å². The van der Waals surface area contributed by atoms with E-state index in [1.807, 2.05) is 48.5 Å². The number of fused-ring (bicyclic) bond motifs is 4. The molecule has 3 nitrogen and oxygen atoms in total.